The zero-order chi connectivity index (χ0) is 10.1. The second-order valence-electron chi connectivity index (χ2n) is 3.61. The molecule has 1 atom stereocenters. The van der Waals surface area contributed by atoms with Gasteiger partial charge in [0.25, 0.3) is 0 Å². The van der Waals surface area contributed by atoms with Gasteiger partial charge in [-0.05, 0) is 19.1 Å². The fourth-order valence-electron chi connectivity index (χ4n) is 1.59. The lowest BCUT2D eigenvalue weighted by atomic mass is 10.0. The van der Waals surface area contributed by atoms with E-state index in [2.05, 4.69) is 0 Å². The number of carbonyl (C=O) groups excluding carboxylic acids is 1. The molecular weight excluding hydrogens is 178 g/mol. The molecule has 0 saturated heterocycles. The lowest BCUT2D eigenvalue weighted by Crippen LogP contribution is -2.30. The SMILES string of the molecule is Cc1ccc2c(c1)C(=O)[C@H](N)CCO2. The van der Waals surface area contributed by atoms with E-state index in [-0.39, 0.29) is 5.78 Å². The van der Waals surface area contributed by atoms with Crippen molar-refractivity contribution in [2.45, 2.75) is 19.4 Å². The Morgan fingerprint density at radius 1 is 1.50 bits per heavy atom. The lowest BCUT2D eigenvalue weighted by molar-refractivity contribution is 0.0960. The topological polar surface area (TPSA) is 52.3 Å². The molecule has 0 amide bonds. The van der Waals surface area contributed by atoms with Gasteiger partial charge in [-0.1, -0.05) is 11.6 Å². The van der Waals surface area contributed by atoms with Crippen LogP contribution in [0.4, 0.5) is 0 Å². The Kier molecular flexibility index (Phi) is 2.25. The minimum Gasteiger partial charge on any atom is -0.493 e. The Bertz CT molecular complexity index is 374. The molecule has 1 aromatic rings. The summed E-state index contributed by atoms with van der Waals surface area (Å²) < 4.78 is 5.44. The van der Waals surface area contributed by atoms with Crippen LogP contribution in [0.15, 0.2) is 18.2 Å². The van der Waals surface area contributed by atoms with Gasteiger partial charge in [0.05, 0.1) is 18.2 Å². The van der Waals surface area contributed by atoms with Crippen molar-refractivity contribution in [2.24, 2.45) is 5.73 Å². The van der Waals surface area contributed by atoms with E-state index in [0.717, 1.165) is 5.56 Å². The summed E-state index contributed by atoms with van der Waals surface area (Å²) in [4.78, 5) is 11.8. The molecule has 2 N–H and O–H groups in total. The summed E-state index contributed by atoms with van der Waals surface area (Å²) in [6.45, 7) is 2.47. The first-order chi connectivity index (χ1) is 6.68. The number of fused-ring (bicyclic) bond motifs is 1. The quantitative estimate of drug-likeness (QED) is 0.672. The average molecular weight is 191 g/mol. The van der Waals surface area contributed by atoms with Gasteiger partial charge in [-0.15, -0.1) is 0 Å². The number of aryl methyl sites for hydroxylation is 1. The summed E-state index contributed by atoms with van der Waals surface area (Å²) in [6, 6.07) is 5.19. The number of benzene rings is 1. The third-order valence-electron chi connectivity index (χ3n) is 2.42. The Labute approximate surface area is 82.9 Å². The maximum absolute atomic E-state index is 11.8. The summed E-state index contributed by atoms with van der Waals surface area (Å²) in [7, 11) is 0. The highest BCUT2D eigenvalue weighted by Gasteiger charge is 2.23. The number of ketones is 1. The molecule has 1 aliphatic heterocycles. The molecule has 2 rings (SSSR count). The monoisotopic (exact) mass is 191 g/mol. The van der Waals surface area contributed by atoms with E-state index in [1.54, 1.807) is 0 Å². The van der Waals surface area contributed by atoms with Crippen LogP contribution in [0.3, 0.4) is 0 Å². The molecule has 0 aliphatic carbocycles. The second kappa shape index (κ2) is 3.42. The smallest absolute Gasteiger partial charge is 0.183 e. The van der Waals surface area contributed by atoms with Gasteiger partial charge in [0, 0.05) is 6.42 Å². The highest BCUT2D eigenvalue weighted by Crippen LogP contribution is 2.24. The van der Waals surface area contributed by atoms with Gasteiger partial charge in [-0.2, -0.15) is 0 Å². The molecular formula is C11H13NO2. The number of rotatable bonds is 0. The van der Waals surface area contributed by atoms with Crippen LogP contribution in [0, 0.1) is 6.92 Å². The maximum atomic E-state index is 11.8. The largest absolute Gasteiger partial charge is 0.493 e. The zero-order valence-corrected chi connectivity index (χ0v) is 8.12. The predicted molar refractivity (Wildman–Crippen MR) is 53.6 cm³/mol. The minimum absolute atomic E-state index is 0.0128. The van der Waals surface area contributed by atoms with Gasteiger partial charge in [-0.25, -0.2) is 0 Å². The molecule has 3 nitrogen and oxygen atoms in total. The number of ether oxygens (including phenoxy) is 1. The van der Waals surface area contributed by atoms with E-state index in [0.29, 0.717) is 24.3 Å². The minimum atomic E-state index is -0.418. The van der Waals surface area contributed by atoms with Gasteiger partial charge < -0.3 is 10.5 Å². The number of hydrogen-bond donors (Lipinski definition) is 1. The standard InChI is InChI=1S/C11H13NO2/c1-7-2-3-10-8(6-7)11(13)9(12)4-5-14-10/h2-3,6,9H,4-5,12H2,1H3/t9-/m1/s1. The van der Waals surface area contributed by atoms with Crippen LogP contribution in [0.25, 0.3) is 0 Å². The number of nitrogens with two attached hydrogens (primary N) is 1. The fraction of sp³-hybridized carbons (Fsp3) is 0.364. The van der Waals surface area contributed by atoms with Gasteiger partial charge >= 0.3 is 0 Å². The summed E-state index contributed by atoms with van der Waals surface area (Å²) in [6.07, 6.45) is 0.590. The Morgan fingerprint density at radius 2 is 2.29 bits per heavy atom. The number of Topliss-reactive ketones (excluding diaryl/α,β-unsaturated/α-hetero) is 1. The van der Waals surface area contributed by atoms with Crippen LogP contribution in [-0.4, -0.2) is 18.4 Å². The Hall–Kier alpha value is -1.35. The lowest BCUT2D eigenvalue weighted by Gasteiger charge is -2.06. The molecule has 74 valence electrons. The van der Waals surface area contributed by atoms with Gasteiger partial charge in [0.1, 0.15) is 5.75 Å². The zero-order valence-electron chi connectivity index (χ0n) is 8.12. The van der Waals surface area contributed by atoms with E-state index in [4.69, 9.17) is 10.5 Å². The molecule has 1 aromatic carbocycles. The van der Waals surface area contributed by atoms with Crippen molar-refractivity contribution in [1.82, 2.24) is 0 Å². The van der Waals surface area contributed by atoms with Crippen LogP contribution in [-0.2, 0) is 0 Å². The van der Waals surface area contributed by atoms with Crippen molar-refractivity contribution in [3.8, 4) is 5.75 Å². The molecule has 14 heavy (non-hydrogen) atoms. The van der Waals surface area contributed by atoms with Crippen molar-refractivity contribution >= 4 is 5.78 Å². The highest BCUT2D eigenvalue weighted by atomic mass is 16.5. The van der Waals surface area contributed by atoms with Gasteiger partial charge in [0.15, 0.2) is 5.78 Å². The van der Waals surface area contributed by atoms with Crippen LogP contribution in [0.5, 0.6) is 5.75 Å². The maximum Gasteiger partial charge on any atom is 0.183 e. The molecule has 0 spiro atoms. The van der Waals surface area contributed by atoms with Crippen molar-refractivity contribution in [3.05, 3.63) is 29.3 Å². The molecule has 3 heteroatoms. The molecule has 1 aliphatic rings. The fourth-order valence-corrected chi connectivity index (χ4v) is 1.59. The third-order valence-corrected chi connectivity index (χ3v) is 2.42. The Morgan fingerprint density at radius 3 is 3.07 bits per heavy atom. The van der Waals surface area contributed by atoms with Crippen molar-refractivity contribution in [3.63, 3.8) is 0 Å². The van der Waals surface area contributed by atoms with Crippen molar-refractivity contribution < 1.29 is 9.53 Å². The number of hydrogen-bond acceptors (Lipinski definition) is 3. The summed E-state index contributed by atoms with van der Waals surface area (Å²) in [5.74, 6) is 0.648. The van der Waals surface area contributed by atoms with E-state index < -0.39 is 6.04 Å². The normalized spacial score (nSPS) is 21.0. The molecule has 0 saturated carbocycles. The van der Waals surface area contributed by atoms with E-state index in [9.17, 15) is 4.79 Å². The predicted octanol–water partition coefficient (Wildman–Crippen LogP) is 1.29. The third kappa shape index (κ3) is 1.51. The molecule has 0 fully saturated rings. The first-order valence-electron chi connectivity index (χ1n) is 4.72. The van der Waals surface area contributed by atoms with Gasteiger partial charge in [-0.3, -0.25) is 4.79 Å². The molecule has 0 bridgehead atoms. The first kappa shape index (κ1) is 9.21. The van der Waals surface area contributed by atoms with Crippen molar-refractivity contribution in [2.75, 3.05) is 6.61 Å². The highest BCUT2D eigenvalue weighted by molar-refractivity contribution is 6.02. The van der Waals surface area contributed by atoms with Crippen LogP contribution in [0.1, 0.15) is 22.3 Å². The van der Waals surface area contributed by atoms with E-state index in [1.807, 2.05) is 25.1 Å². The molecule has 0 radical (unpaired) electrons. The van der Waals surface area contributed by atoms with Crippen LogP contribution in [0.2, 0.25) is 0 Å². The molecule has 0 aromatic heterocycles. The summed E-state index contributed by atoms with van der Waals surface area (Å²) in [5.41, 5.74) is 7.38. The molecule has 1 heterocycles. The van der Waals surface area contributed by atoms with E-state index >= 15 is 0 Å². The average Bonchev–Trinajstić information content (AvgIpc) is 2.30. The van der Waals surface area contributed by atoms with E-state index in [1.165, 1.54) is 0 Å². The van der Waals surface area contributed by atoms with Gasteiger partial charge in [0.2, 0.25) is 0 Å². The van der Waals surface area contributed by atoms with Crippen LogP contribution < -0.4 is 10.5 Å². The summed E-state index contributed by atoms with van der Waals surface area (Å²) in [5, 5.41) is 0. The summed E-state index contributed by atoms with van der Waals surface area (Å²) >= 11 is 0. The second-order valence-corrected chi connectivity index (χ2v) is 3.61. The first-order valence-corrected chi connectivity index (χ1v) is 4.72. The molecule has 0 unspecified atom stereocenters. The van der Waals surface area contributed by atoms with Crippen molar-refractivity contribution in [1.29, 1.82) is 0 Å². The Balaban J connectivity index is 2.50. The van der Waals surface area contributed by atoms with Crippen LogP contribution >= 0.6 is 0 Å². The number of carbonyl (C=O) groups is 1.